The average molecular weight is 677 g/mol. The molecule has 4 heterocycles. The molecule has 0 saturated carbocycles. The van der Waals surface area contributed by atoms with E-state index in [-0.39, 0.29) is 24.3 Å². The summed E-state index contributed by atoms with van der Waals surface area (Å²) in [6.45, 7) is 4.91. The van der Waals surface area contributed by atoms with E-state index >= 15 is 0 Å². The van der Waals surface area contributed by atoms with Crippen molar-refractivity contribution in [1.82, 2.24) is 29.1 Å². The van der Waals surface area contributed by atoms with Gasteiger partial charge in [-0.2, -0.15) is 0 Å². The van der Waals surface area contributed by atoms with Crippen LogP contribution in [0.2, 0.25) is 0 Å². The second-order valence-electron chi connectivity index (χ2n) is 12.4. The summed E-state index contributed by atoms with van der Waals surface area (Å²) >= 11 is 0. The Morgan fingerprint density at radius 1 is 0.540 bits per heavy atom. The quantitative estimate of drug-likeness (QED) is 0.0592. The van der Waals surface area contributed by atoms with Gasteiger partial charge in [0.05, 0.1) is 35.7 Å². The van der Waals surface area contributed by atoms with Crippen molar-refractivity contribution in [2.75, 3.05) is 13.2 Å². The molecule has 0 spiro atoms. The summed E-state index contributed by atoms with van der Waals surface area (Å²) in [4.78, 5) is 46.0. The molecule has 0 amide bonds. The van der Waals surface area contributed by atoms with Crippen molar-refractivity contribution in [3.8, 4) is 34.4 Å². The Balaban J connectivity index is 1.55. The van der Waals surface area contributed by atoms with Crippen LogP contribution in [0.5, 0.6) is 0 Å². The Kier molecular flexibility index (Phi) is 13.9. The highest BCUT2D eigenvalue weighted by molar-refractivity contribution is 6.04. The lowest BCUT2D eigenvalue weighted by Crippen LogP contribution is -2.18. The van der Waals surface area contributed by atoms with Gasteiger partial charge in [-0.25, -0.2) is 19.6 Å². The molecule has 0 aliphatic carbocycles. The van der Waals surface area contributed by atoms with Crippen molar-refractivity contribution in [2.45, 2.75) is 90.9 Å². The maximum Gasteiger partial charge on any atom is 0.339 e. The molecule has 0 aliphatic heterocycles. The van der Waals surface area contributed by atoms with Crippen LogP contribution in [0.1, 0.15) is 112 Å². The Hall–Kier alpha value is -5.12. The molecular formula is C40H48N6O4. The number of aromatic nitrogens is 6. The maximum atomic E-state index is 13.8. The van der Waals surface area contributed by atoms with Gasteiger partial charge < -0.3 is 9.47 Å². The SMILES string of the molecule is CCCCCCCCOC(=O)c1cc(-n2ccnc2-c2ccccn2)c(-n2ccnc2-c2ccccn2)cc1C(=O)OCCCCCCCC. The third-order valence-corrected chi connectivity index (χ3v) is 8.61. The van der Waals surface area contributed by atoms with E-state index in [9.17, 15) is 9.59 Å². The molecule has 10 nitrogen and oxygen atoms in total. The molecule has 0 N–H and O–H groups in total. The van der Waals surface area contributed by atoms with Crippen LogP contribution in [0.15, 0.2) is 85.7 Å². The summed E-state index contributed by atoms with van der Waals surface area (Å²) < 4.78 is 15.3. The molecule has 10 heteroatoms. The zero-order valence-electron chi connectivity index (χ0n) is 29.3. The molecule has 0 bridgehead atoms. The molecule has 0 aliphatic rings. The molecule has 0 unspecified atom stereocenters. The topological polar surface area (TPSA) is 114 Å². The first-order valence-corrected chi connectivity index (χ1v) is 18.0. The lowest BCUT2D eigenvalue weighted by atomic mass is 10.0. The maximum absolute atomic E-state index is 13.8. The fourth-order valence-electron chi connectivity index (χ4n) is 5.92. The van der Waals surface area contributed by atoms with Gasteiger partial charge in [0.15, 0.2) is 11.6 Å². The van der Waals surface area contributed by atoms with Gasteiger partial charge in [-0.1, -0.05) is 90.2 Å². The van der Waals surface area contributed by atoms with Gasteiger partial charge in [-0.3, -0.25) is 19.1 Å². The minimum atomic E-state index is -0.576. The van der Waals surface area contributed by atoms with Crippen LogP contribution < -0.4 is 0 Å². The molecule has 0 fully saturated rings. The van der Waals surface area contributed by atoms with Gasteiger partial charge in [-0.05, 0) is 49.2 Å². The zero-order chi connectivity index (χ0) is 35.0. The number of nitrogens with zero attached hydrogens (tertiary/aromatic N) is 6. The van der Waals surface area contributed by atoms with Crippen LogP contribution in [0.4, 0.5) is 0 Å². The smallest absolute Gasteiger partial charge is 0.339 e. The summed E-state index contributed by atoms with van der Waals surface area (Å²) in [6, 6.07) is 14.6. The predicted molar refractivity (Wildman–Crippen MR) is 194 cm³/mol. The molecule has 262 valence electrons. The van der Waals surface area contributed by atoms with E-state index in [0.29, 0.717) is 34.4 Å². The van der Waals surface area contributed by atoms with E-state index in [1.54, 1.807) is 36.9 Å². The number of benzene rings is 1. The van der Waals surface area contributed by atoms with E-state index in [1.165, 1.54) is 38.5 Å². The van der Waals surface area contributed by atoms with Crippen LogP contribution in [-0.4, -0.2) is 54.2 Å². The van der Waals surface area contributed by atoms with Crippen LogP contribution in [0.3, 0.4) is 0 Å². The highest BCUT2D eigenvalue weighted by Gasteiger charge is 2.26. The fourth-order valence-corrected chi connectivity index (χ4v) is 5.92. The number of ether oxygens (including phenoxy) is 2. The van der Waals surface area contributed by atoms with Gasteiger partial charge in [0.1, 0.15) is 11.4 Å². The highest BCUT2D eigenvalue weighted by atomic mass is 16.5. The first kappa shape index (κ1) is 36.2. The molecular weight excluding hydrogens is 628 g/mol. The average Bonchev–Trinajstić information content (AvgIpc) is 3.85. The van der Waals surface area contributed by atoms with Gasteiger partial charge in [-0.15, -0.1) is 0 Å². The minimum Gasteiger partial charge on any atom is -0.462 e. The summed E-state index contributed by atoms with van der Waals surface area (Å²) in [6.07, 6.45) is 23.1. The van der Waals surface area contributed by atoms with Crippen molar-refractivity contribution >= 4 is 11.9 Å². The number of hydrogen-bond donors (Lipinski definition) is 0. The summed E-state index contributed by atoms with van der Waals surface area (Å²) in [5.74, 6) is -0.0202. The molecule has 5 rings (SSSR count). The van der Waals surface area contributed by atoms with Crippen LogP contribution in [-0.2, 0) is 9.47 Å². The van der Waals surface area contributed by atoms with Gasteiger partial charge in [0.25, 0.3) is 0 Å². The number of esters is 2. The second-order valence-corrected chi connectivity index (χ2v) is 12.4. The fraction of sp³-hybridized carbons (Fsp3) is 0.400. The second kappa shape index (κ2) is 19.2. The third-order valence-electron chi connectivity index (χ3n) is 8.61. The standard InChI is InChI=1S/C40H48N6O4/c1-3-5-7-9-11-17-27-49-39(47)31-29-35(45-25-23-43-37(45)33-19-13-15-21-41-33)36(46-26-24-44-38(46)34-20-14-16-22-42-34)30-32(31)40(48)50-28-18-12-10-8-6-4-2/h13-16,19-26,29-30H,3-12,17-18,27-28H2,1-2H3. The predicted octanol–water partition coefficient (Wildman–Crippen LogP) is 9.22. The first-order valence-electron chi connectivity index (χ1n) is 18.0. The number of pyridine rings is 2. The van der Waals surface area contributed by atoms with E-state index in [0.717, 1.165) is 38.5 Å². The number of unbranched alkanes of at least 4 members (excludes halogenated alkanes) is 10. The Morgan fingerprint density at radius 3 is 1.36 bits per heavy atom. The molecule has 0 atom stereocenters. The third kappa shape index (κ3) is 9.52. The minimum absolute atomic E-state index is 0.128. The monoisotopic (exact) mass is 676 g/mol. The van der Waals surface area contributed by atoms with Crippen LogP contribution in [0, 0.1) is 0 Å². The van der Waals surface area contributed by atoms with Crippen LogP contribution in [0.25, 0.3) is 34.4 Å². The number of carbonyl (C=O) groups is 2. The lowest BCUT2D eigenvalue weighted by molar-refractivity contribution is 0.0450. The molecule has 0 saturated heterocycles. The lowest BCUT2D eigenvalue weighted by Gasteiger charge is -2.19. The Morgan fingerprint density at radius 2 is 0.960 bits per heavy atom. The van der Waals surface area contributed by atoms with Crippen LogP contribution >= 0.6 is 0 Å². The molecule has 1 aromatic carbocycles. The number of carbonyl (C=O) groups excluding carboxylic acids is 2. The number of imidazole rings is 2. The Labute approximate surface area is 294 Å². The van der Waals surface area contributed by atoms with Gasteiger partial charge in [0.2, 0.25) is 0 Å². The van der Waals surface area contributed by atoms with E-state index in [4.69, 9.17) is 9.47 Å². The van der Waals surface area contributed by atoms with Crippen molar-refractivity contribution in [3.05, 3.63) is 96.8 Å². The van der Waals surface area contributed by atoms with E-state index < -0.39 is 11.9 Å². The molecule has 5 aromatic rings. The van der Waals surface area contributed by atoms with E-state index in [1.807, 2.05) is 57.9 Å². The molecule has 50 heavy (non-hydrogen) atoms. The van der Waals surface area contributed by atoms with Crippen molar-refractivity contribution in [2.24, 2.45) is 0 Å². The normalized spacial score (nSPS) is 11.1. The van der Waals surface area contributed by atoms with Gasteiger partial charge in [0, 0.05) is 37.2 Å². The molecule has 4 aromatic heterocycles. The summed E-state index contributed by atoms with van der Waals surface area (Å²) in [5, 5.41) is 0. The largest absolute Gasteiger partial charge is 0.462 e. The first-order chi connectivity index (χ1) is 24.6. The van der Waals surface area contributed by atoms with Gasteiger partial charge >= 0.3 is 11.9 Å². The summed E-state index contributed by atoms with van der Waals surface area (Å²) in [5.41, 5.74) is 2.71. The van der Waals surface area contributed by atoms with Crippen molar-refractivity contribution < 1.29 is 19.1 Å². The zero-order valence-corrected chi connectivity index (χ0v) is 29.3. The van der Waals surface area contributed by atoms with E-state index in [2.05, 4.69) is 33.8 Å². The Bertz CT molecular complexity index is 1650. The number of rotatable bonds is 20. The van der Waals surface area contributed by atoms with Crippen molar-refractivity contribution in [3.63, 3.8) is 0 Å². The van der Waals surface area contributed by atoms with Crippen molar-refractivity contribution in [1.29, 1.82) is 0 Å². The number of hydrogen-bond acceptors (Lipinski definition) is 8. The summed E-state index contributed by atoms with van der Waals surface area (Å²) in [7, 11) is 0. The highest BCUT2D eigenvalue weighted by Crippen LogP contribution is 2.32. The molecule has 0 radical (unpaired) electrons.